The predicted molar refractivity (Wildman–Crippen MR) is 157 cm³/mol. The first kappa shape index (κ1) is 28.0. The number of aromatic nitrogens is 2. The second-order valence-corrected chi connectivity index (χ2v) is 10.3. The number of aliphatic imine (C=N–C) groups is 1. The van der Waals surface area contributed by atoms with Crippen LogP contribution in [-0.4, -0.2) is 65.0 Å². The molecular formula is C28H32ClN9O3. The van der Waals surface area contributed by atoms with Gasteiger partial charge in [0.1, 0.15) is 12.4 Å². The molecule has 214 valence electrons. The lowest BCUT2D eigenvalue weighted by Crippen LogP contribution is -2.55. The largest absolute Gasteiger partial charge is 0.489 e. The van der Waals surface area contributed by atoms with Crippen molar-refractivity contribution in [1.29, 1.82) is 0 Å². The van der Waals surface area contributed by atoms with Gasteiger partial charge in [-0.1, -0.05) is 54.1 Å². The molecule has 3 heterocycles. The Morgan fingerprint density at radius 1 is 1.12 bits per heavy atom. The van der Waals surface area contributed by atoms with Crippen LogP contribution in [0.5, 0.6) is 5.75 Å². The number of nitrogens with one attached hydrogen (secondary N) is 4. The average molecular weight is 578 g/mol. The zero-order valence-corrected chi connectivity index (χ0v) is 23.4. The number of carbonyl (C=O) groups excluding carboxylic acids is 2. The minimum Gasteiger partial charge on any atom is -0.489 e. The molecule has 2 aliphatic rings. The van der Waals surface area contributed by atoms with E-state index in [4.69, 9.17) is 22.1 Å². The molecule has 3 amide bonds. The van der Waals surface area contributed by atoms with Crippen molar-refractivity contribution in [3.8, 4) is 5.75 Å². The minimum atomic E-state index is -0.609. The van der Waals surface area contributed by atoms with Crippen LogP contribution in [0.15, 0.2) is 59.6 Å². The lowest BCUT2D eigenvalue weighted by atomic mass is 9.89. The molecule has 41 heavy (non-hydrogen) atoms. The number of likely N-dealkylation sites (tertiary alicyclic amines) is 1. The number of urea groups is 1. The van der Waals surface area contributed by atoms with Gasteiger partial charge in [-0.2, -0.15) is 4.99 Å². The standard InChI is InChI=1S/C28H32ClN9O3/c1-31-24-21(34-22(29)23(30)35-24)25(39)36-26-33-17-28(37-26)10-12-38(13-11-28)27(40)32-15-19-8-5-9-20(14-19)41-16-18-6-3-2-4-7-18/h2-9,14H,10-13,15-17H2,1H3,(H,32,40)(H3,30,31,35)(H2,33,36,37,39). The molecule has 0 unspecified atom stereocenters. The van der Waals surface area contributed by atoms with Gasteiger partial charge in [-0.25, -0.2) is 14.8 Å². The van der Waals surface area contributed by atoms with Crippen molar-refractivity contribution in [3.63, 3.8) is 0 Å². The number of nitrogen functional groups attached to an aromatic ring is 1. The second kappa shape index (κ2) is 12.3. The highest BCUT2D eigenvalue weighted by molar-refractivity contribution is 6.31. The Morgan fingerprint density at radius 3 is 2.63 bits per heavy atom. The monoisotopic (exact) mass is 577 g/mol. The Morgan fingerprint density at radius 2 is 1.88 bits per heavy atom. The number of hydrogen-bond donors (Lipinski definition) is 5. The van der Waals surface area contributed by atoms with E-state index in [-0.39, 0.29) is 34.1 Å². The van der Waals surface area contributed by atoms with Crippen molar-refractivity contribution in [3.05, 3.63) is 76.6 Å². The van der Waals surface area contributed by atoms with Crippen LogP contribution in [0.4, 0.5) is 16.4 Å². The van der Waals surface area contributed by atoms with Crippen molar-refractivity contribution < 1.29 is 14.3 Å². The first-order valence-corrected chi connectivity index (χ1v) is 13.7. The van der Waals surface area contributed by atoms with E-state index in [9.17, 15) is 9.59 Å². The molecule has 2 saturated heterocycles. The molecule has 1 spiro atoms. The van der Waals surface area contributed by atoms with Gasteiger partial charge in [-0.05, 0) is 36.1 Å². The van der Waals surface area contributed by atoms with Crippen LogP contribution in [0.25, 0.3) is 0 Å². The Bertz CT molecular complexity index is 1440. The first-order valence-electron chi connectivity index (χ1n) is 13.3. The van der Waals surface area contributed by atoms with Gasteiger partial charge >= 0.3 is 11.9 Å². The molecule has 12 nitrogen and oxygen atoms in total. The maximum absolute atomic E-state index is 12.9. The van der Waals surface area contributed by atoms with E-state index in [2.05, 4.69) is 36.2 Å². The molecule has 1 aromatic heterocycles. The molecule has 0 atom stereocenters. The van der Waals surface area contributed by atoms with Crippen molar-refractivity contribution >= 4 is 41.1 Å². The Labute approximate surface area is 242 Å². The molecule has 2 aromatic carbocycles. The number of guanidine groups is 1. The van der Waals surface area contributed by atoms with Gasteiger partial charge in [0, 0.05) is 33.2 Å². The van der Waals surface area contributed by atoms with Gasteiger partial charge < -0.3 is 36.6 Å². The van der Waals surface area contributed by atoms with Crippen molar-refractivity contribution in [2.45, 2.75) is 31.5 Å². The van der Waals surface area contributed by atoms with Gasteiger partial charge in [0.05, 0.1) is 5.54 Å². The molecule has 13 heteroatoms. The molecule has 0 aliphatic carbocycles. The number of anilines is 2. The van der Waals surface area contributed by atoms with Gasteiger partial charge in [0.15, 0.2) is 28.4 Å². The number of carbonyl (C=O) groups is 2. The quantitative estimate of drug-likeness (QED) is 0.284. The number of ether oxygens (including phenoxy) is 1. The number of rotatable bonds is 7. The summed E-state index contributed by atoms with van der Waals surface area (Å²) in [6.07, 6.45) is 1.39. The van der Waals surface area contributed by atoms with Gasteiger partial charge in [-0.3, -0.25) is 4.79 Å². The highest BCUT2D eigenvalue weighted by atomic mass is 35.5. The number of halogens is 1. The summed E-state index contributed by atoms with van der Waals surface area (Å²) in [5.74, 6) is 0.708. The second-order valence-electron chi connectivity index (χ2n) is 9.94. The summed E-state index contributed by atoms with van der Waals surface area (Å²) in [7, 11) is 1.60. The summed E-state index contributed by atoms with van der Waals surface area (Å²) in [4.78, 5) is 39.7. The number of piperidine rings is 1. The van der Waals surface area contributed by atoms with Crippen LogP contribution in [0.1, 0.15) is 34.5 Å². The fourth-order valence-corrected chi connectivity index (χ4v) is 4.91. The van der Waals surface area contributed by atoms with Gasteiger partial charge in [0.2, 0.25) is 0 Å². The number of amides is 3. The highest BCUT2D eigenvalue weighted by Crippen LogP contribution is 2.25. The number of benzene rings is 2. The summed E-state index contributed by atoms with van der Waals surface area (Å²) < 4.78 is 5.90. The zero-order chi connectivity index (χ0) is 28.8. The summed E-state index contributed by atoms with van der Waals surface area (Å²) in [5, 5.41) is 12.2. The lowest BCUT2D eigenvalue weighted by Gasteiger charge is -2.38. The van der Waals surface area contributed by atoms with Gasteiger partial charge in [0.25, 0.3) is 0 Å². The Balaban J connectivity index is 1.11. The molecule has 0 saturated carbocycles. The van der Waals surface area contributed by atoms with Crippen LogP contribution in [-0.2, 0) is 13.2 Å². The van der Waals surface area contributed by atoms with Crippen LogP contribution in [0, 0.1) is 0 Å². The third kappa shape index (κ3) is 6.77. The van der Waals surface area contributed by atoms with E-state index < -0.39 is 5.91 Å². The Hall–Kier alpha value is -4.58. The third-order valence-electron chi connectivity index (χ3n) is 7.11. The average Bonchev–Trinajstić information content (AvgIpc) is 3.38. The van der Waals surface area contributed by atoms with Crippen LogP contribution < -0.4 is 31.7 Å². The Kier molecular flexibility index (Phi) is 8.39. The summed E-state index contributed by atoms with van der Waals surface area (Å²) >= 11 is 5.96. The molecule has 0 bridgehead atoms. The highest BCUT2D eigenvalue weighted by Gasteiger charge is 2.40. The fraction of sp³-hybridized carbons (Fsp3) is 0.321. The van der Waals surface area contributed by atoms with E-state index in [0.717, 1.165) is 16.9 Å². The smallest absolute Gasteiger partial charge is 0.317 e. The fourth-order valence-electron chi connectivity index (χ4n) is 4.78. The van der Waals surface area contributed by atoms with E-state index in [1.165, 1.54) is 0 Å². The number of hydrogen-bond acceptors (Lipinski definition) is 7. The summed E-state index contributed by atoms with van der Waals surface area (Å²) in [6, 6.07) is 17.6. The first-order chi connectivity index (χ1) is 19.8. The van der Waals surface area contributed by atoms with E-state index in [0.29, 0.717) is 51.6 Å². The summed E-state index contributed by atoms with van der Waals surface area (Å²) in [5.41, 5.74) is 7.40. The number of nitrogens with zero attached hydrogens (tertiary/aromatic N) is 4. The maximum atomic E-state index is 12.9. The number of nitrogens with two attached hydrogens (primary N) is 1. The molecule has 5 rings (SSSR count). The van der Waals surface area contributed by atoms with E-state index >= 15 is 0 Å². The molecule has 2 aliphatic heterocycles. The topological polar surface area (TPSA) is 159 Å². The van der Waals surface area contributed by atoms with E-state index in [1.54, 1.807) is 11.9 Å². The van der Waals surface area contributed by atoms with Crippen LogP contribution in [0.2, 0.25) is 5.15 Å². The van der Waals surface area contributed by atoms with Crippen molar-refractivity contribution in [2.24, 2.45) is 4.99 Å². The molecule has 2 fully saturated rings. The van der Waals surface area contributed by atoms with Gasteiger partial charge in [-0.15, -0.1) is 0 Å². The third-order valence-corrected chi connectivity index (χ3v) is 7.38. The predicted octanol–water partition coefficient (Wildman–Crippen LogP) is 2.77. The lowest BCUT2D eigenvalue weighted by molar-refractivity contribution is 0.0998. The molecule has 0 radical (unpaired) electrons. The zero-order valence-electron chi connectivity index (χ0n) is 22.6. The van der Waals surface area contributed by atoms with Crippen molar-refractivity contribution in [1.82, 2.24) is 30.8 Å². The molecular weight excluding hydrogens is 546 g/mol. The van der Waals surface area contributed by atoms with Crippen LogP contribution in [0.3, 0.4) is 0 Å². The molecule has 6 N–H and O–H groups in total. The molecule has 3 aromatic rings. The SMILES string of the molecule is CNc1nc(N)c(Cl)nc1C(=O)/N=C1\NCC2(CCN(C(=O)NCc3cccc(OCc4ccccc4)c3)CC2)N1. The minimum absolute atomic E-state index is 0.0217. The van der Waals surface area contributed by atoms with Crippen LogP contribution >= 0.6 is 11.6 Å². The van der Waals surface area contributed by atoms with Crippen molar-refractivity contribution in [2.75, 3.05) is 37.7 Å². The van der Waals surface area contributed by atoms with E-state index in [1.807, 2.05) is 54.6 Å². The normalized spacial score (nSPS) is 16.6. The maximum Gasteiger partial charge on any atom is 0.317 e. The summed E-state index contributed by atoms with van der Waals surface area (Å²) in [6.45, 7) is 2.58.